The molecule has 2 unspecified atom stereocenters. The summed E-state index contributed by atoms with van der Waals surface area (Å²) in [5.74, 6) is -1.81. The Labute approximate surface area is 116 Å². The lowest BCUT2D eigenvalue weighted by molar-refractivity contribution is -0.144. The number of rotatable bonds is 4. The molecule has 1 aromatic rings. The molecule has 20 heavy (non-hydrogen) atoms. The first kappa shape index (κ1) is 14.3. The first-order chi connectivity index (χ1) is 9.49. The van der Waals surface area contributed by atoms with E-state index in [1.165, 1.54) is 11.1 Å². The molecule has 1 amide bonds. The van der Waals surface area contributed by atoms with Crippen molar-refractivity contribution in [2.75, 3.05) is 26.0 Å². The van der Waals surface area contributed by atoms with E-state index < -0.39 is 17.9 Å². The second-order valence-electron chi connectivity index (χ2n) is 4.81. The molecule has 1 aliphatic heterocycles. The summed E-state index contributed by atoms with van der Waals surface area (Å²) in [6.07, 6.45) is 1.60. The number of aliphatic carboxylic acids is 1. The Kier molecular flexibility index (Phi) is 4.19. The zero-order chi connectivity index (χ0) is 14.7. The van der Waals surface area contributed by atoms with Gasteiger partial charge in [0.15, 0.2) is 0 Å². The van der Waals surface area contributed by atoms with E-state index in [0.29, 0.717) is 11.4 Å². The number of likely N-dealkylation sites (N-methyl/N-ethyl adjacent to an activating group) is 1. The van der Waals surface area contributed by atoms with Crippen molar-refractivity contribution in [3.63, 3.8) is 0 Å². The van der Waals surface area contributed by atoms with Gasteiger partial charge in [-0.3, -0.25) is 14.6 Å². The minimum Gasteiger partial charge on any atom is -0.481 e. The van der Waals surface area contributed by atoms with E-state index in [0.717, 1.165) is 0 Å². The van der Waals surface area contributed by atoms with Gasteiger partial charge in [-0.05, 0) is 12.1 Å². The van der Waals surface area contributed by atoms with Crippen molar-refractivity contribution in [2.24, 2.45) is 5.92 Å². The number of nitrogen functional groups attached to an aromatic ring is 1. The number of aromatic nitrogens is 1. The van der Waals surface area contributed by atoms with Crippen molar-refractivity contribution in [3.8, 4) is 0 Å². The highest BCUT2D eigenvalue weighted by molar-refractivity contribution is 5.80. The van der Waals surface area contributed by atoms with E-state index in [9.17, 15) is 9.59 Å². The molecular weight excluding hydrogens is 262 g/mol. The topological polar surface area (TPSA) is 106 Å². The van der Waals surface area contributed by atoms with Gasteiger partial charge in [-0.15, -0.1) is 0 Å². The van der Waals surface area contributed by atoms with Crippen LogP contribution in [0.2, 0.25) is 0 Å². The normalized spacial score (nSPS) is 21.6. The van der Waals surface area contributed by atoms with Crippen molar-refractivity contribution < 1.29 is 19.4 Å². The minimum atomic E-state index is -0.947. The van der Waals surface area contributed by atoms with Crippen LogP contribution in [0.4, 0.5) is 5.69 Å². The van der Waals surface area contributed by atoms with Crippen LogP contribution in [-0.4, -0.2) is 53.2 Å². The fourth-order valence-electron chi connectivity index (χ4n) is 2.17. The van der Waals surface area contributed by atoms with Crippen molar-refractivity contribution in [2.45, 2.75) is 12.5 Å². The van der Waals surface area contributed by atoms with E-state index >= 15 is 0 Å². The number of hydrogen-bond acceptors (Lipinski definition) is 5. The Morgan fingerprint density at radius 3 is 2.85 bits per heavy atom. The molecule has 0 spiro atoms. The minimum absolute atomic E-state index is 0.111. The van der Waals surface area contributed by atoms with Crippen LogP contribution in [0.25, 0.3) is 0 Å². The summed E-state index contributed by atoms with van der Waals surface area (Å²) >= 11 is 0. The van der Waals surface area contributed by atoms with E-state index in [-0.39, 0.29) is 25.5 Å². The molecule has 108 valence electrons. The first-order valence-electron chi connectivity index (χ1n) is 6.25. The van der Waals surface area contributed by atoms with E-state index in [2.05, 4.69) is 4.98 Å². The van der Waals surface area contributed by atoms with Crippen LogP contribution >= 0.6 is 0 Å². The molecule has 7 nitrogen and oxygen atoms in total. The number of nitrogens with zero attached hydrogens (tertiary/aromatic N) is 2. The number of carboxylic acid groups (broad SMARTS) is 1. The van der Waals surface area contributed by atoms with Gasteiger partial charge in [-0.1, -0.05) is 0 Å². The molecule has 2 heterocycles. The molecular formula is C13H17N3O4. The van der Waals surface area contributed by atoms with Gasteiger partial charge in [0.25, 0.3) is 0 Å². The molecule has 7 heteroatoms. The largest absolute Gasteiger partial charge is 0.481 e. The molecule has 0 radical (unpaired) electrons. The van der Waals surface area contributed by atoms with E-state index in [1.807, 2.05) is 0 Å². The van der Waals surface area contributed by atoms with Gasteiger partial charge < -0.3 is 20.5 Å². The third-order valence-electron chi connectivity index (χ3n) is 3.44. The van der Waals surface area contributed by atoms with Gasteiger partial charge in [0, 0.05) is 12.7 Å². The number of ether oxygens (including phenoxy) is 1. The van der Waals surface area contributed by atoms with Crippen LogP contribution < -0.4 is 5.73 Å². The Balaban J connectivity index is 2.01. The Bertz CT molecular complexity index is 503. The van der Waals surface area contributed by atoms with Crippen LogP contribution in [0, 0.1) is 5.92 Å². The number of amides is 1. The van der Waals surface area contributed by atoms with Gasteiger partial charge in [0.2, 0.25) is 5.91 Å². The number of anilines is 1. The summed E-state index contributed by atoms with van der Waals surface area (Å²) in [4.78, 5) is 28.7. The SMILES string of the molecule is CN(C(=O)Cc1ccc(N)cn1)C1COCC1C(=O)O. The second kappa shape index (κ2) is 5.87. The Hall–Kier alpha value is -2.15. The molecule has 1 saturated heterocycles. The molecule has 0 aliphatic carbocycles. The number of carboxylic acids is 1. The van der Waals surface area contributed by atoms with Crippen LogP contribution in [0.3, 0.4) is 0 Å². The summed E-state index contributed by atoms with van der Waals surface area (Å²) < 4.78 is 5.16. The fraction of sp³-hybridized carbons (Fsp3) is 0.462. The number of carbonyl (C=O) groups excluding carboxylic acids is 1. The lowest BCUT2D eigenvalue weighted by Gasteiger charge is -2.26. The molecule has 1 aromatic heterocycles. The maximum atomic E-state index is 12.2. The average molecular weight is 279 g/mol. The maximum absolute atomic E-state index is 12.2. The molecule has 0 saturated carbocycles. The summed E-state index contributed by atoms with van der Waals surface area (Å²) in [5, 5.41) is 9.09. The zero-order valence-electron chi connectivity index (χ0n) is 11.2. The van der Waals surface area contributed by atoms with Crippen LogP contribution in [0.1, 0.15) is 5.69 Å². The second-order valence-corrected chi connectivity index (χ2v) is 4.81. The highest BCUT2D eigenvalue weighted by Gasteiger charge is 2.38. The molecule has 2 atom stereocenters. The predicted octanol–water partition coefficient (Wildman–Crippen LogP) is -0.236. The van der Waals surface area contributed by atoms with Gasteiger partial charge in [-0.2, -0.15) is 0 Å². The highest BCUT2D eigenvalue weighted by Crippen LogP contribution is 2.19. The third kappa shape index (κ3) is 3.05. The quantitative estimate of drug-likeness (QED) is 0.788. The number of pyridine rings is 1. The van der Waals surface area contributed by atoms with Gasteiger partial charge in [0.1, 0.15) is 5.92 Å². The highest BCUT2D eigenvalue weighted by atomic mass is 16.5. The summed E-state index contributed by atoms with van der Waals surface area (Å²) in [5.41, 5.74) is 6.66. The molecule has 1 aliphatic rings. The smallest absolute Gasteiger partial charge is 0.311 e. The Morgan fingerprint density at radius 2 is 2.25 bits per heavy atom. The summed E-state index contributed by atoms with van der Waals surface area (Å²) in [6.45, 7) is 0.381. The molecule has 2 rings (SSSR count). The van der Waals surface area contributed by atoms with Crippen LogP contribution in [-0.2, 0) is 20.7 Å². The average Bonchev–Trinajstić information content (AvgIpc) is 2.90. The van der Waals surface area contributed by atoms with E-state index in [1.54, 1.807) is 19.2 Å². The van der Waals surface area contributed by atoms with Crippen molar-refractivity contribution in [3.05, 3.63) is 24.0 Å². The number of hydrogen-bond donors (Lipinski definition) is 2. The lowest BCUT2D eigenvalue weighted by Crippen LogP contribution is -2.44. The van der Waals surface area contributed by atoms with Gasteiger partial charge in [-0.25, -0.2) is 0 Å². The molecule has 1 fully saturated rings. The first-order valence-corrected chi connectivity index (χ1v) is 6.25. The zero-order valence-corrected chi connectivity index (χ0v) is 11.2. The van der Waals surface area contributed by atoms with Gasteiger partial charge in [0.05, 0.1) is 37.6 Å². The monoisotopic (exact) mass is 279 g/mol. The van der Waals surface area contributed by atoms with Gasteiger partial charge >= 0.3 is 5.97 Å². The standard InChI is InChI=1S/C13H17N3O4/c1-16(11-7-20-6-10(11)13(18)19)12(17)4-9-3-2-8(14)5-15-9/h2-3,5,10-11H,4,6-7,14H2,1H3,(H,18,19). The van der Waals surface area contributed by atoms with Crippen molar-refractivity contribution >= 4 is 17.6 Å². The van der Waals surface area contributed by atoms with Crippen molar-refractivity contribution in [1.82, 2.24) is 9.88 Å². The number of nitrogens with two attached hydrogens (primary N) is 1. The Morgan fingerprint density at radius 1 is 1.50 bits per heavy atom. The van der Waals surface area contributed by atoms with Crippen molar-refractivity contribution in [1.29, 1.82) is 0 Å². The van der Waals surface area contributed by atoms with E-state index in [4.69, 9.17) is 15.6 Å². The summed E-state index contributed by atoms with van der Waals surface area (Å²) in [7, 11) is 1.59. The molecule has 0 bridgehead atoms. The van der Waals surface area contributed by atoms with Crippen LogP contribution in [0.15, 0.2) is 18.3 Å². The maximum Gasteiger partial charge on any atom is 0.311 e. The molecule has 0 aromatic carbocycles. The predicted molar refractivity (Wildman–Crippen MR) is 70.9 cm³/mol. The van der Waals surface area contributed by atoms with Crippen LogP contribution in [0.5, 0.6) is 0 Å². The third-order valence-corrected chi connectivity index (χ3v) is 3.44. The number of carbonyl (C=O) groups is 2. The fourth-order valence-corrected chi connectivity index (χ4v) is 2.17. The summed E-state index contributed by atoms with van der Waals surface area (Å²) in [6, 6.07) is 2.92. The molecule has 3 N–H and O–H groups in total. The lowest BCUT2D eigenvalue weighted by atomic mass is 10.0.